The van der Waals surface area contributed by atoms with E-state index in [1.165, 1.54) is 19.2 Å². The van der Waals surface area contributed by atoms with Gasteiger partial charge in [-0.25, -0.2) is 0 Å². The third kappa shape index (κ3) is 8.36. The van der Waals surface area contributed by atoms with Crippen LogP contribution in [0.2, 0.25) is 10.0 Å². The molecule has 36 heavy (non-hydrogen) atoms. The van der Waals surface area contributed by atoms with Crippen LogP contribution in [0.15, 0.2) is 18.2 Å². The van der Waals surface area contributed by atoms with Crippen molar-refractivity contribution in [3.8, 4) is 0 Å². The van der Waals surface area contributed by atoms with Gasteiger partial charge in [-0.05, 0) is 37.6 Å². The van der Waals surface area contributed by atoms with E-state index in [9.17, 15) is 19.2 Å². The highest BCUT2D eigenvalue weighted by atomic mass is 35.5. The van der Waals surface area contributed by atoms with Gasteiger partial charge in [-0.1, -0.05) is 44.0 Å². The molecule has 1 fully saturated rings. The van der Waals surface area contributed by atoms with Crippen molar-refractivity contribution >= 4 is 54.0 Å². The molecule has 0 bridgehead atoms. The number of esters is 1. The molecular weight excluding hydrogens is 510 g/mol. The van der Waals surface area contributed by atoms with Crippen LogP contribution in [0.3, 0.4) is 0 Å². The minimum absolute atomic E-state index is 0.113. The Balaban J connectivity index is 2.22. The first-order valence-corrected chi connectivity index (χ1v) is 12.4. The first-order valence-electron chi connectivity index (χ1n) is 11.7. The van der Waals surface area contributed by atoms with Gasteiger partial charge in [0, 0.05) is 18.1 Å². The van der Waals surface area contributed by atoms with Crippen LogP contribution in [0.25, 0.3) is 0 Å². The van der Waals surface area contributed by atoms with Gasteiger partial charge in [0.1, 0.15) is 6.04 Å². The van der Waals surface area contributed by atoms with Crippen molar-refractivity contribution in [1.82, 2.24) is 20.8 Å². The average molecular weight is 543 g/mol. The van der Waals surface area contributed by atoms with Crippen LogP contribution in [-0.2, 0) is 23.8 Å². The van der Waals surface area contributed by atoms with Gasteiger partial charge in [0.2, 0.25) is 5.91 Å². The van der Waals surface area contributed by atoms with Gasteiger partial charge < -0.3 is 25.3 Å². The summed E-state index contributed by atoms with van der Waals surface area (Å²) in [5, 5.41) is 9.02. The molecule has 198 valence electrons. The fourth-order valence-electron chi connectivity index (χ4n) is 3.85. The molecular formula is C23H33BCl2N4O6. The van der Waals surface area contributed by atoms with E-state index in [2.05, 4.69) is 16.0 Å². The van der Waals surface area contributed by atoms with Crippen LogP contribution in [0.1, 0.15) is 37.6 Å². The molecule has 1 aromatic rings. The number of benzene rings is 1. The molecule has 0 radical (unpaired) electrons. The maximum atomic E-state index is 12.9. The minimum Gasteiger partial charge on any atom is -0.518 e. The van der Waals surface area contributed by atoms with Crippen LogP contribution >= 0.6 is 23.2 Å². The number of ether oxygens (including phenoxy) is 1. The van der Waals surface area contributed by atoms with E-state index >= 15 is 0 Å². The third-order valence-electron chi connectivity index (χ3n) is 5.79. The van der Waals surface area contributed by atoms with Gasteiger partial charge in [-0.3, -0.25) is 24.0 Å². The summed E-state index contributed by atoms with van der Waals surface area (Å²) in [6.07, 6.45) is 0.442. The van der Waals surface area contributed by atoms with E-state index < -0.39 is 48.7 Å². The molecule has 2 rings (SSSR count). The molecule has 1 saturated heterocycles. The van der Waals surface area contributed by atoms with Crippen molar-refractivity contribution < 1.29 is 28.6 Å². The molecule has 1 heterocycles. The Kier molecular flexibility index (Phi) is 11.5. The lowest BCUT2D eigenvalue weighted by atomic mass is 9.66. The molecule has 0 aromatic heterocycles. The molecule has 1 aliphatic rings. The number of nitrogens with zero attached hydrogens (tertiary/aromatic N) is 1. The number of amides is 2. The van der Waals surface area contributed by atoms with Gasteiger partial charge in [0.15, 0.2) is 0 Å². The summed E-state index contributed by atoms with van der Waals surface area (Å²) < 4.78 is 10.8. The minimum atomic E-state index is -0.951. The molecule has 0 unspecified atom stereocenters. The second-order valence-electron chi connectivity index (χ2n) is 9.20. The van der Waals surface area contributed by atoms with Crippen molar-refractivity contribution in [2.45, 2.75) is 39.2 Å². The number of likely N-dealkylation sites (N-methyl/N-ethyl adjacent to an activating group) is 1. The summed E-state index contributed by atoms with van der Waals surface area (Å²) >= 11 is 12.0. The molecule has 3 atom stereocenters. The van der Waals surface area contributed by atoms with Gasteiger partial charge in [0.25, 0.3) is 11.9 Å². The fourth-order valence-corrected chi connectivity index (χ4v) is 4.23. The predicted octanol–water partition coefficient (Wildman–Crippen LogP) is 1.54. The normalized spacial score (nSPS) is 20.0. The molecule has 1 aliphatic heterocycles. The summed E-state index contributed by atoms with van der Waals surface area (Å²) in [4.78, 5) is 52.2. The van der Waals surface area contributed by atoms with Crippen molar-refractivity contribution in [3.63, 3.8) is 0 Å². The summed E-state index contributed by atoms with van der Waals surface area (Å²) in [6.45, 7) is 5.85. The Morgan fingerprint density at radius 2 is 1.97 bits per heavy atom. The Labute approximate surface area is 221 Å². The molecule has 0 aliphatic carbocycles. The molecule has 3 N–H and O–H groups in total. The first-order chi connectivity index (χ1) is 16.9. The Morgan fingerprint density at radius 1 is 1.28 bits per heavy atom. The van der Waals surface area contributed by atoms with Crippen LogP contribution in [0, 0.1) is 11.8 Å². The number of halogens is 2. The van der Waals surface area contributed by atoms with E-state index in [-0.39, 0.29) is 29.6 Å². The number of hydrogen-bond donors (Lipinski definition) is 3. The monoisotopic (exact) mass is 542 g/mol. The molecule has 1 aromatic carbocycles. The fraction of sp³-hybridized carbons (Fsp3) is 0.565. The van der Waals surface area contributed by atoms with Crippen molar-refractivity contribution in [3.05, 3.63) is 33.8 Å². The van der Waals surface area contributed by atoms with Gasteiger partial charge in [-0.15, -0.1) is 0 Å². The lowest BCUT2D eigenvalue weighted by Crippen LogP contribution is -2.62. The second kappa shape index (κ2) is 13.8. The summed E-state index contributed by atoms with van der Waals surface area (Å²) in [5.41, 5.74) is 0.142. The number of rotatable bonds is 8. The van der Waals surface area contributed by atoms with E-state index in [0.717, 1.165) is 0 Å². The lowest BCUT2D eigenvalue weighted by Gasteiger charge is -2.34. The zero-order chi connectivity index (χ0) is 27.0. The van der Waals surface area contributed by atoms with E-state index in [1.54, 1.807) is 24.8 Å². The molecule has 0 saturated carbocycles. The van der Waals surface area contributed by atoms with Gasteiger partial charge in [-0.2, -0.15) is 0 Å². The van der Waals surface area contributed by atoms with Crippen LogP contribution in [0.5, 0.6) is 0 Å². The van der Waals surface area contributed by atoms with Crippen LogP contribution < -0.4 is 16.0 Å². The molecule has 10 nitrogen and oxygen atoms in total. The molecule has 0 spiro atoms. The number of carbonyl (C=O) groups is 4. The summed E-state index contributed by atoms with van der Waals surface area (Å²) in [5.74, 6) is -3.04. The largest absolute Gasteiger partial charge is 0.518 e. The Morgan fingerprint density at radius 3 is 2.61 bits per heavy atom. The van der Waals surface area contributed by atoms with E-state index in [1.807, 2.05) is 13.8 Å². The van der Waals surface area contributed by atoms with Gasteiger partial charge >= 0.3 is 13.0 Å². The lowest BCUT2D eigenvalue weighted by molar-refractivity contribution is -0.146. The maximum Gasteiger partial charge on any atom is 0.475 e. The topological polar surface area (TPSA) is 126 Å². The highest BCUT2D eigenvalue weighted by Crippen LogP contribution is 2.20. The predicted molar refractivity (Wildman–Crippen MR) is 138 cm³/mol. The number of methoxy groups -OCH3 is 1. The number of nitrogens with one attached hydrogen (secondary N) is 3. The highest BCUT2D eigenvalue weighted by Gasteiger charge is 2.44. The quantitative estimate of drug-likeness (QED) is 0.333. The molecule has 13 heteroatoms. The van der Waals surface area contributed by atoms with Crippen LogP contribution in [0.4, 0.5) is 0 Å². The van der Waals surface area contributed by atoms with E-state index in [4.69, 9.17) is 32.6 Å². The first kappa shape index (κ1) is 29.9. The zero-order valence-corrected chi connectivity index (χ0v) is 22.6. The zero-order valence-electron chi connectivity index (χ0n) is 21.1. The number of hydrogen-bond acceptors (Lipinski definition) is 8. The van der Waals surface area contributed by atoms with Crippen molar-refractivity contribution in [2.24, 2.45) is 11.8 Å². The highest BCUT2D eigenvalue weighted by molar-refractivity contribution is 6.53. The van der Waals surface area contributed by atoms with Crippen LogP contribution in [-0.4, -0.2) is 81.4 Å². The maximum absolute atomic E-state index is 12.9. The van der Waals surface area contributed by atoms with E-state index in [0.29, 0.717) is 18.0 Å². The summed E-state index contributed by atoms with van der Waals surface area (Å²) in [7, 11) is 1.97. The average Bonchev–Trinajstić information content (AvgIpc) is 2.87. The third-order valence-corrected chi connectivity index (χ3v) is 6.36. The second-order valence-corrected chi connectivity index (χ2v) is 10.0. The SMILES string of the molecule is COC(=O)[C@@H]1CNC[C@H](C)C(=O)OB([C@H](CC(C)C)NC(=O)CNC(=O)c2cc(Cl)ccc2Cl)N1C. The number of carbonyl (C=O) groups excluding carboxylic acids is 4. The molecule has 2 amide bonds. The van der Waals surface area contributed by atoms with Crippen molar-refractivity contribution in [2.75, 3.05) is 33.8 Å². The van der Waals surface area contributed by atoms with Crippen molar-refractivity contribution in [1.29, 1.82) is 0 Å². The smallest absolute Gasteiger partial charge is 0.475 e. The summed E-state index contributed by atoms with van der Waals surface area (Å²) in [6, 6.07) is 3.70. The Hall–Kier alpha value is -2.34. The standard InChI is InChI=1S/C23H33BCl2N4O6/c1-13(2)8-19(29-20(31)12-28-21(32)16-9-15(25)6-7-17(16)26)24-30(4)18(23(34)35-5)11-27-10-14(3)22(33)36-24/h6-7,9,13-14,18-19,27H,8,10-12H2,1-5H3,(H,28,32)(H,29,31)/t14-,18-,19-/m0/s1. The Bertz CT molecular complexity index is 967. The van der Waals surface area contributed by atoms with Gasteiger partial charge in [0.05, 0.1) is 36.1 Å².